The molecule has 110 valence electrons. The molecule has 1 aliphatic heterocycles. The third kappa shape index (κ3) is 1.87. The van der Waals surface area contributed by atoms with Gasteiger partial charge in [-0.3, -0.25) is 9.59 Å². The van der Waals surface area contributed by atoms with Crippen LogP contribution in [0.4, 0.5) is 5.69 Å². The molecule has 6 atom stereocenters. The Morgan fingerprint density at radius 1 is 1.33 bits per heavy atom. The Labute approximate surface area is 135 Å². The summed E-state index contributed by atoms with van der Waals surface area (Å²) in [6.45, 7) is 0. The van der Waals surface area contributed by atoms with Crippen molar-refractivity contribution in [1.29, 1.82) is 0 Å². The maximum absolute atomic E-state index is 12.6. The number of alkyl halides is 1. The van der Waals surface area contributed by atoms with Gasteiger partial charge in [0.1, 0.15) is 6.10 Å². The highest BCUT2D eigenvalue weighted by Crippen LogP contribution is 2.60. The predicted octanol–water partition coefficient (Wildman–Crippen LogP) is 2.85. The van der Waals surface area contributed by atoms with Crippen LogP contribution >= 0.6 is 27.5 Å². The minimum atomic E-state index is -0.332. The molecule has 1 saturated heterocycles. The minimum Gasteiger partial charge on any atom is -0.461 e. The van der Waals surface area contributed by atoms with Gasteiger partial charge in [-0.2, -0.15) is 0 Å². The van der Waals surface area contributed by atoms with Gasteiger partial charge >= 0.3 is 5.97 Å². The van der Waals surface area contributed by atoms with E-state index < -0.39 is 0 Å². The third-order valence-corrected chi connectivity index (χ3v) is 6.49. The van der Waals surface area contributed by atoms with Crippen LogP contribution in [0, 0.1) is 23.7 Å². The molecule has 4 nitrogen and oxygen atoms in total. The Hall–Kier alpha value is -1.07. The Morgan fingerprint density at radius 2 is 2.10 bits per heavy atom. The number of fused-ring (bicyclic) bond motifs is 1. The van der Waals surface area contributed by atoms with Crippen molar-refractivity contribution in [3.63, 3.8) is 0 Å². The molecule has 4 rings (SSSR count). The number of amides is 1. The number of carbonyl (C=O) groups excluding carboxylic acids is 2. The topological polar surface area (TPSA) is 55.4 Å². The van der Waals surface area contributed by atoms with Crippen LogP contribution in [0.3, 0.4) is 0 Å². The molecule has 1 N–H and O–H groups in total. The lowest BCUT2D eigenvalue weighted by Gasteiger charge is -2.27. The number of benzene rings is 1. The average molecular weight is 371 g/mol. The second-order valence-electron chi connectivity index (χ2n) is 5.93. The van der Waals surface area contributed by atoms with Crippen molar-refractivity contribution in [3.05, 3.63) is 29.3 Å². The van der Waals surface area contributed by atoms with E-state index >= 15 is 0 Å². The smallest absolute Gasteiger partial charge is 0.310 e. The maximum Gasteiger partial charge on any atom is 0.310 e. The van der Waals surface area contributed by atoms with Crippen molar-refractivity contribution in [1.82, 2.24) is 0 Å². The lowest BCUT2D eigenvalue weighted by molar-refractivity contribution is -0.145. The highest BCUT2D eigenvalue weighted by atomic mass is 79.9. The maximum atomic E-state index is 12.6. The van der Waals surface area contributed by atoms with E-state index in [9.17, 15) is 9.59 Å². The van der Waals surface area contributed by atoms with E-state index in [0.29, 0.717) is 10.7 Å². The number of rotatable bonds is 2. The van der Waals surface area contributed by atoms with Crippen LogP contribution in [0.5, 0.6) is 0 Å². The van der Waals surface area contributed by atoms with Crippen molar-refractivity contribution in [2.45, 2.75) is 17.4 Å². The lowest BCUT2D eigenvalue weighted by atomic mass is 9.79. The Bertz CT molecular complexity index is 637. The number of carbonyl (C=O) groups is 2. The van der Waals surface area contributed by atoms with Crippen LogP contribution in [-0.2, 0) is 14.3 Å². The van der Waals surface area contributed by atoms with Crippen LogP contribution in [0.2, 0.25) is 5.02 Å². The number of halogens is 2. The number of para-hydroxylation sites is 1. The van der Waals surface area contributed by atoms with Gasteiger partial charge in [-0.15, -0.1) is 0 Å². The SMILES string of the molecule is O=C(Nc1ccccc1Cl)[C@@H]1[C@H]2C[C@@H]3[C@H](OC(=O)[C@@H]31)[C@@H]2Br. The van der Waals surface area contributed by atoms with Crippen molar-refractivity contribution in [3.8, 4) is 0 Å². The largest absolute Gasteiger partial charge is 0.461 e. The zero-order valence-corrected chi connectivity index (χ0v) is 13.3. The molecule has 1 aromatic rings. The first-order chi connectivity index (χ1) is 10.1. The lowest BCUT2D eigenvalue weighted by Crippen LogP contribution is -2.40. The van der Waals surface area contributed by atoms with Gasteiger partial charge in [0.25, 0.3) is 0 Å². The molecule has 1 aromatic carbocycles. The van der Waals surface area contributed by atoms with E-state index in [4.69, 9.17) is 16.3 Å². The van der Waals surface area contributed by atoms with E-state index in [0.717, 1.165) is 6.42 Å². The molecule has 0 spiro atoms. The second kappa shape index (κ2) is 4.71. The van der Waals surface area contributed by atoms with Crippen LogP contribution in [0.25, 0.3) is 0 Å². The number of hydrogen-bond acceptors (Lipinski definition) is 3. The molecule has 2 bridgehead atoms. The van der Waals surface area contributed by atoms with E-state index in [-0.39, 0.29) is 46.5 Å². The van der Waals surface area contributed by atoms with Gasteiger partial charge in [-0.1, -0.05) is 39.7 Å². The number of anilines is 1. The molecule has 0 unspecified atom stereocenters. The fraction of sp³-hybridized carbons (Fsp3) is 0.467. The quantitative estimate of drug-likeness (QED) is 0.643. The van der Waals surface area contributed by atoms with Crippen molar-refractivity contribution >= 4 is 45.1 Å². The fourth-order valence-corrected chi connectivity index (χ4v) is 5.34. The summed E-state index contributed by atoms with van der Waals surface area (Å²) in [6.07, 6.45) is 0.814. The fourth-order valence-electron chi connectivity index (χ4n) is 4.11. The summed E-state index contributed by atoms with van der Waals surface area (Å²) < 4.78 is 5.41. The summed E-state index contributed by atoms with van der Waals surface area (Å²) >= 11 is 9.68. The summed E-state index contributed by atoms with van der Waals surface area (Å²) in [6, 6.07) is 7.11. The van der Waals surface area contributed by atoms with Crippen LogP contribution < -0.4 is 5.32 Å². The molecule has 0 aromatic heterocycles. The van der Waals surface area contributed by atoms with Crippen LogP contribution in [0.1, 0.15) is 6.42 Å². The van der Waals surface area contributed by atoms with Crippen molar-refractivity contribution in [2.24, 2.45) is 23.7 Å². The van der Waals surface area contributed by atoms with Gasteiger partial charge < -0.3 is 10.1 Å². The van der Waals surface area contributed by atoms with Crippen LogP contribution in [0.15, 0.2) is 24.3 Å². The number of esters is 1. The molecule has 1 heterocycles. The summed E-state index contributed by atoms with van der Waals surface area (Å²) in [7, 11) is 0. The minimum absolute atomic E-state index is 0.0585. The molecule has 3 fully saturated rings. The van der Waals surface area contributed by atoms with E-state index in [1.807, 2.05) is 12.1 Å². The van der Waals surface area contributed by atoms with Crippen molar-refractivity contribution in [2.75, 3.05) is 5.32 Å². The Kier molecular flexibility index (Phi) is 3.05. The number of ether oxygens (including phenoxy) is 1. The normalized spacial score (nSPS) is 39.4. The molecule has 21 heavy (non-hydrogen) atoms. The van der Waals surface area contributed by atoms with Gasteiger partial charge in [0.15, 0.2) is 0 Å². The van der Waals surface area contributed by atoms with Crippen LogP contribution in [-0.4, -0.2) is 22.8 Å². The summed E-state index contributed by atoms with van der Waals surface area (Å²) in [4.78, 5) is 24.7. The number of hydrogen-bond donors (Lipinski definition) is 1. The molecule has 6 heteroatoms. The summed E-state index contributed by atoms with van der Waals surface area (Å²) in [5.41, 5.74) is 0.584. The highest BCUT2D eigenvalue weighted by molar-refractivity contribution is 9.09. The second-order valence-corrected chi connectivity index (χ2v) is 7.39. The first-order valence-corrected chi connectivity index (χ1v) is 8.27. The van der Waals surface area contributed by atoms with Crippen molar-refractivity contribution < 1.29 is 14.3 Å². The molecular formula is C15H13BrClNO3. The molecular weight excluding hydrogens is 358 g/mol. The van der Waals surface area contributed by atoms with Gasteiger partial charge in [-0.25, -0.2) is 0 Å². The molecule has 3 aliphatic rings. The summed E-state index contributed by atoms with van der Waals surface area (Å²) in [5.74, 6) is -0.665. The Morgan fingerprint density at radius 3 is 2.86 bits per heavy atom. The first kappa shape index (κ1) is 13.6. The first-order valence-electron chi connectivity index (χ1n) is 6.98. The zero-order valence-electron chi connectivity index (χ0n) is 11.0. The predicted molar refractivity (Wildman–Crippen MR) is 81.3 cm³/mol. The van der Waals surface area contributed by atoms with E-state index in [1.54, 1.807) is 12.1 Å². The zero-order chi connectivity index (χ0) is 14.7. The van der Waals surface area contributed by atoms with Gasteiger partial charge in [0.05, 0.1) is 27.4 Å². The molecule has 2 saturated carbocycles. The Balaban J connectivity index is 1.61. The van der Waals surface area contributed by atoms with E-state index in [2.05, 4.69) is 21.2 Å². The van der Waals surface area contributed by atoms with Gasteiger partial charge in [0, 0.05) is 5.92 Å². The molecule has 0 radical (unpaired) electrons. The molecule has 2 aliphatic carbocycles. The average Bonchev–Trinajstić information content (AvgIpc) is 3.05. The molecule has 1 amide bonds. The third-order valence-electron chi connectivity index (χ3n) is 4.96. The van der Waals surface area contributed by atoms with E-state index in [1.165, 1.54) is 0 Å². The van der Waals surface area contributed by atoms with Gasteiger partial charge in [0.2, 0.25) is 5.91 Å². The highest BCUT2D eigenvalue weighted by Gasteiger charge is 2.67. The summed E-state index contributed by atoms with van der Waals surface area (Å²) in [5, 5.41) is 3.36. The standard InChI is InChI=1S/C15H13BrClNO3/c16-12-6-5-7-11(15(20)21-13(7)12)10(6)14(19)18-9-4-2-1-3-8(9)17/h1-4,6-7,10-13H,5H2,(H,18,19)/t6-,7+,10-,11+,12-,13+/m1/s1. The number of nitrogens with one attached hydrogen (secondary N) is 1. The monoisotopic (exact) mass is 369 g/mol. The van der Waals surface area contributed by atoms with Gasteiger partial charge in [-0.05, 0) is 24.5 Å².